The van der Waals surface area contributed by atoms with Gasteiger partial charge in [-0.1, -0.05) is 48.0 Å². The fourth-order valence-corrected chi connectivity index (χ4v) is 4.00. The summed E-state index contributed by atoms with van der Waals surface area (Å²) in [7, 11) is 3.14. The second-order valence-corrected chi connectivity index (χ2v) is 7.94. The van der Waals surface area contributed by atoms with Gasteiger partial charge in [-0.3, -0.25) is 10.4 Å². The number of hydrogen-bond acceptors (Lipinski definition) is 4. The topological polar surface area (TPSA) is 33.7 Å². The number of methoxy groups -OCH3 is 2. The number of benzene rings is 3. The molecule has 1 aliphatic rings. The van der Waals surface area contributed by atoms with Crippen molar-refractivity contribution in [3.05, 3.63) is 106 Å². The molecule has 1 aliphatic heterocycles. The van der Waals surface area contributed by atoms with Crippen LogP contribution in [0.2, 0.25) is 5.02 Å². The Morgan fingerprint density at radius 3 is 2.29 bits per heavy atom. The molecule has 4 nitrogen and oxygen atoms in total. The van der Waals surface area contributed by atoms with Gasteiger partial charge in [-0.2, -0.15) is 13.2 Å². The quantitative estimate of drug-likeness (QED) is 0.405. The van der Waals surface area contributed by atoms with Crippen LogP contribution in [0.1, 0.15) is 22.7 Å². The average Bonchev–Trinajstić information content (AvgIpc) is 3.26. The molecule has 34 heavy (non-hydrogen) atoms. The van der Waals surface area contributed by atoms with E-state index >= 15 is 0 Å². The van der Waals surface area contributed by atoms with Crippen molar-refractivity contribution in [3.8, 4) is 11.5 Å². The number of ether oxygens (including phenoxy) is 2. The van der Waals surface area contributed by atoms with Crippen LogP contribution < -0.4 is 19.9 Å². The molecular formula is C26H22ClF3N2O2. The summed E-state index contributed by atoms with van der Waals surface area (Å²) < 4.78 is 51.2. The van der Waals surface area contributed by atoms with Gasteiger partial charge >= 0.3 is 6.18 Å². The predicted octanol–water partition coefficient (Wildman–Crippen LogP) is 7.04. The molecule has 0 aliphatic carbocycles. The Morgan fingerprint density at radius 1 is 0.912 bits per heavy atom. The van der Waals surface area contributed by atoms with Crippen LogP contribution in [0.25, 0.3) is 6.08 Å². The zero-order chi connectivity index (χ0) is 24.3. The summed E-state index contributed by atoms with van der Waals surface area (Å²) in [6.45, 7) is 0. The van der Waals surface area contributed by atoms with E-state index in [-0.39, 0.29) is 10.7 Å². The zero-order valence-electron chi connectivity index (χ0n) is 18.4. The molecule has 0 saturated heterocycles. The molecule has 0 saturated carbocycles. The van der Waals surface area contributed by atoms with E-state index in [1.165, 1.54) is 6.07 Å². The van der Waals surface area contributed by atoms with Crippen LogP contribution in [-0.2, 0) is 6.18 Å². The Kier molecular flexibility index (Phi) is 6.75. The van der Waals surface area contributed by atoms with E-state index in [4.69, 9.17) is 21.1 Å². The molecule has 0 amide bonds. The molecule has 0 fully saturated rings. The molecule has 3 aromatic rings. The van der Waals surface area contributed by atoms with E-state index in [0.29, 0.717) is 17.2 Å². The lowest BCUT2D eigenvalue weighted by atomic mass is 10.0. The molecule has 1 heterocycles. The fourth-order valence-electron chi connectivity index (χ4n) is 3.79. The van der Waals surface area contributed by atoms with Crippen molar-refractivity contribution in [2.75, 3.05) is 19.2 Å². The summed E-state index contributed by atoms with van der Waals surface area (Å²) in [5, 5.41) is 1.79. The number of allylic oxidation sites excluding steroid dienone is 1. The van der Waals surface area contributed by atoms with Gasteiger partial charge in [0.05, 0.1) is 42.2 Å². The van der Waals surface area contributed by atoms with Crippen LogP contribution in [0.5, 0.6) is 11.5 Å². The molecular weight excluding hydrogens is 465 g/mol. The number of nitrogens with one attached hydrogen (secondary N) is 1. The minimum absolute atomic E-state index is 0.184. The number of alkyl halides is 3. The van der Waals surface area contributed by atoms with Gasteiger partial charge in [0.25, 0.3) is 0 Å². The number of rotatable bonds is 6. The van der Waals surface area contributed by atoms with Crippen LogP contribution in [0, 0.1) is 0 Å². The maximum atomic E-state index is 13.4. The Hall–Kier alpha value is -3.58. The molecule has 8 heteroatoms. The van der Waals surface area contributed by atoms with E-state index in [0.717, 1.165) is 23.3 Å². The molecule has 176 valence electrons. The van der Waals surface area contributed by atoms with Crippen LogP contribution in [0.4, 0.5) is 18.9 Å². The van der Waals surface area contributed by atoms with Crippen molar-refractivity contribution in [2.45, 2.75) is 12.2 Å². The van der Waals surface area contributed by atoms with Crippen molar-refractivity contribution >= 4 is 23.4 Å². The summed E-state index contributed by atoms with van der Waals surface area (Å²) in [6, 6.07) is 17.7. The first-order chi connectivity index (χ1) is 16.3. The molecule has 0 bridgehead atoms. The van der Waals surface area contributed by atoms with Crippen molar-refractivity contribution in [1.29, 1.82) is 0 Å². The third-order valence-corrected chi connectivity index (χ3v) is 5.76. The van der Waals surface area contributed by atoms with E-state index in [9.17, 15) is 13.2 Å². The number of hydrazine groups is 1. The van der Waals surface area contributed by atoms with Crippen molar-refractivity contribution in [2.24, 2.45) is 0 Å². The van der Waals surface area contributed by atoms with Gasteiger partial charge in [0.15, 0.2) is 0 Å². The minimum atomic E-state index is -4.50. The SMILES string of the molecule is COc1ccccc1/C=C/C1=C[C@@H](c2ccccc2OC)N(c2cc(C(F)(F)F)ccc2Cl)N1. The van der Waals surface area contributed by atoms with E-state index < -0.39 is 17.8 Å². The smallest absolute Gasteiger partial charge is 0.416 e. The number of halogens is 4. The largest absolute Gasteiger partial charge is 0.496 e. The number of nitrogens with zero attached hydrogens (tertiary/aromatic N) is 1. The molecule has 1 N–H and O–H groups in total. The average molecular weight is 487 g/mol. The number of para-hydroxylation sites is 2. The highest BCUT2D eigenvalue weighted by molar-refractivity contribution is 6.33. The standard InChI is InChI=1S/C26H22ClF3N2O2/c1-33-24-9-5-3-7-17(24)11-13-19-16-22(20-8-4-6-10-25(20)34-2)32(31-19)23-15-18(26(28,29)30)12-14-21(23)27/h3-16,22,31H,1-2H3/b13-11+/t22-/m0/s1. The predicted molar refractivity (Wildman–Crippen MR) is 128 cm³/mol. The van der Waals surface area contributed by atoms with Gasteiger partial charge in [0.1, 0.15) is 11.5 Å². The summed E-state index contributed by atoms with van der Waals surface area (Å²) in [5.41, 5.74) is 4.91. The molecule has 0 aromatic heterocycles. The normalized spacial score (nSPS) is 15.9. The summed E-state index contributed by atoms with van der Waals surface area (Å²) >= 11 is 6.38. The van der Waals surface area contributed by atoms with Gasteiger partial charge in [0.2, 0.25) is 0 Å². The molecule has 4 rings (SSSR count). The lowest BCUT2D eigenvalue weighted by Crippen LogP contribution is -2.34. The lowest BCUT2D eigenvalue weighted by molar-refractivity contribution is -0.137. The van der Waals surface area contributed by atoms with E-state index in [1.807, 2.05) is 60.7 Å². The zero-order valence-corrected chi connectivity index (χ0v) is 19.2. The summed E-state index contributed by atoms with van der Waals surface area (Å²) in [5.74, 6) is 1.31. The molecule has 1 atom stereocenters. The van der Waals surface area contributed by atoms with Gasteiger partial charge in [0, 0.05) is 11.1 Å². The maximum Gasteiger partial charge on any atom is 0.416 e. The van der Waals surface area contributed by atoms with E-state index in [2.05, 4.69) is 5.43 Å². The third kappa shape index (κ3) is 4.84. The molecule has 0 radical (unpaired) electrons. The van der Waals surface area contributed by atoms with Crippen molar-refractivity contribution in [1.82, 2.24) is 5.43 Å². The fraction of sp³-hybridized carbons (Fsp3) is 0.154. The first-order valence-electron chi connectivity index (χ1n) is 10.4. The highest BCUT2D eigenvalue weighted by Gasteiger charge is 2.34. The summed E-state index contributed by atoms with van der Waals surface area (Å²) in [6.07, 6.45) is 1.11. The first kappa shape index (κ1) is 23.6. The number of hydrogen-bond donors (Lipinski definition) is 1. The van der Waals surface area contributed by atoms with Crippen molar-refractivity contribution < 1.29 is 22.6 Å². The Morgan fingerprint density at radius 2 is 1.59 bits per heavy atom. The van der Waals surface area contributed by atoms with Gasteiger partial charge in [-0.25, -0.2) is 0 Å². The Bertz CT molecular complexity index is 1240. The number of anilines is 1. The van der Waals surface area contributed by atoms with Crippen LogP contribution in [0.3, 0.4) is 0 Å². The lowest BCUT2D eigenvalue weighted by Gasteiger charge is -2.29. The minimum Gasteiger partial charge on any atom is -0.496 e. The first-order valence-corrected chi connectivity index (χ1v) is 10.8. The monoisotopic (exact) mass is 486 g/mol. The Balaban J connectivity index is 1.77. The van der Waals surface area contributed by atoms with E-state index in [1.54, 1.807) is 25.3 Å². The molecule has 0 spiro atoms. The second kappa shape index (κ2) is 9.73. The van der Waals surface area contributed by atoms with Gasteiger partial charge in [-0.05, 0) is 48.6 Å². The van der Waals surface area contributed by atoms with Crippen LogP contribution >= 0.6 is 11.6 Å². The van der Waals surface area contributed by atoms with Crippen LogP contribution in [0.15, 0.2) is 84.6 Å². The highest BCUT2D eigenvalue weighted by atomic mass is 35.5. The Labute approximate surface area is 200 Å². The second-order valence-electron chi connectivity index (χ2n) is 7.53. The maximum absolute atomic E-state index is 13.4. The van der Waals surface area contributed by atoms with Crippen LogP contribution in [-0.4, -0.2) is 14.2 Å². The summed E-state index contributed by atoms with van der Waals surface area (Å²) in [4.78, 5) is 0. The highest BCUT2D eigenvalue weighted by Crippen LogP contribution is 2.42. The molecule has 3 aromatic carbocycles. The molecule has 0 unspecified atom stereocenters. The van der Waals surface area contributed by atoms with Gasteiger partial charge in [-0.15, -0.1) is 0 Å². The van der Waals surface area contributed by atoms with Crippen molar-refractivity contribution in [3.63, 3.8) is 0 Å². The third-order valence-electron chi connectivity index (χ3n) is 5.44. The van der Waals surface area contributed by atoms with Gasteiger partial charge < -0.3 is 9.47 Å².